The van der Waals surface area contributed by atoms with Crippen molar-refractivity contribution in [1.82, 2.24) is 10.9 Å². The Labute approximate surface area is 72.9 Å². The monoisotopic (exact) mass is 165 g/mol. The first-order valence-corrected chi connectivity index (χ1v) is 4.07. The molecule has 66 valence electrons. The number of nitrogens with two attached hydrogens (primary N) is 1. The fourth-order valence-corrected chi connectivity index (χ4v) is 1.02. The molecule has 0 saturated carbocycles. The molecule has 0 spiro atoms. The maximum Gasteiger partial charge on any atom is 0.0314 e. The Hall–Kier alpha value is -1.06. The smallest absolute Gasteiger partial charge is 0.0314 e. The van der Waals surface area contributed by atoms with E-state index < -0.39 is 0 Å². The number of nitrogen functional groups attached to an aromatic ring is 1. The van der Waals surface area contributed by atoms with Crippen molar-refractivity contribution in [3.63, 3.8) is 0 Å². The summed E-state index contributed by atoms with van der Waals surface area (Å²) < 4.78 is 0. The van der Waals surface area contributed by atoms with E-state index in [1.54, 1.807) is 0 Å². The largest absolute Gasteiger partial charge is 0.399 e. The highest BCUT2D eigenvalue weighted by Crippen LogP contribution is 2.04. The van der Waals surface area contributed by atoms with E-state index in [4.69, 9.17) is 5.73 Å². The van der Waals surface area contributed by atoms with Crippen LogP contribution in [-0.4, -0.2) is 13.6 Å². The summed E-state index contributed by atoms with van der Waals surface area (Å²) >= 11 is 0. The molecule has 0 saturated heterocycles. The van der Waals surface area contributed by atoms with Crippen LogP contribution < -0.4 is 16.6 Å². The van der Waals surface area contributed by atoms with Gasteiger partial charge in [-0.2, -0.15) is 0 Å². The van der Waals surface area contributed by atoms with Gasteiger partial charge in [0.05, 0.1) is 0 Å². The van der Waals surface area contributed by atoms with Gasteiger partial charge in [-0.25, -0.2) is 0 Å². The molecule has 0 unspecified atom stereocenters. The Morgan fingerprint density at radius 2 is 1.92 bits per heavy atom. The number of anilines is 1. The highest BCUT2D eigenvalue weighted by Gasteiger charge is 1.90. The molecule has 3 heteroatoms. The second kappa shape index (κ2) is 4.74. The summed E-state index contributed by atoms with van der Waals surface area (Å²) in [5, 5.41) is 0. The van der Waals surface area contributed by atoms with E-state index in [-0.39, 0.29) is 0 Å². The molecule has 4 N–H and O–H groups in total. The molecule has 3 nitrogen and oxygen atoms in total. The standard InChI is InChI=1S/C9H15N3/c1-11-12-7-6-8-2-4-9(10)5-3-8/h2-5,11-12H,6-7,10H2,1H3. The first-order chi connectivity index (χ1) is 5.83. The molecule has 12 heavy (non-hydrogen) atoms. The normalized spacial score (nSPS) is 10.1. The minimum atomic E-state index is 0.820. The van der Waals surface area contributed by atoms with E-state index >= 15 is 0 Å². The molecule has 0 amide bonds. The third-order valence-corrected chi connectivity index (χ3v) is 1.70. The van der Waals surface area contributed by atoms with Gasteiger partial charge in [-0.05, 0) is 31.2 Å². The van der Waals surface area contributed by atoms with Crippen molar-refractivity contribution in [3.8, 4) is 0 Å². The van der Waals surface area contributed by atoms with Crippen LogP contribution in [0.25, 0.3) is 0 Å². The molecule has 0 aliphatic carbocycles. The van der Waals surface area contributed by atoms with Crippen LogP contribution in [0.3, 0.4) is 0 Å². The van der Waals surface area contributed by atoms with Gasteiger partial charge in [0.15, 0.2) is 0 Å². The van der Waals surface area contributed by atoms with Crippen LogP contribution >= 0.6 is 0 Å². The molecule has 0 aliphatic heterocycles. The minimum Gasteiger partial charge on any atom is -0.399 e. The molecule has 1 aromatic rings. The minimum absolute atomic E-state index is 0.820. The Balaban J connectivity index is 2.37. The lowest BCUT2D eigenvalue weighted by Crippen LogP contribution is -2.29. The molecule has 0 aromatic heterocycles. The number of nitrogens with one attached hydrogen (secondary N) is 2. The lowest BCUT2D eigenvalue weighted by atomic mass is 10.1. The summed E-state index contributed by atoms with van der Waals surface area (Å²) in [6.07, 6.45) is 1.01. The van der Waals surface area contributed by atoms with Crippen LogP contribution in [0.5, 0.6) is 0 Å². The van der Waals surface area contributed by atoms with Crippen molar-refractivity contribution >= 4 is 5.69 Å². The van der Waals surface area contributed by atoms with E-state index in [0.29, 0.717) is 0 Å². The molecule has 0 atom stereocenters. The van der Waals surface area contributed by atoms with Gasteiger partial charge in [-0.3, -0.25) is 10.9 Å². The average molecular weight is 165 g/mol. The first kappa shape index (κ1) is 9.03. The second-order valence-corrected chi connectivity index (χ2v) is 2.67. The van der Waals surface area contributed by atoms with Gasteiger partial charge in [0, 0.05) is 12.2 Å². The number of hydrazine groups is 1. The Bertz CT molecular complexity index is 218. The number of hydrogen-bond acceptors (Lipinski definition) is 3. The van der Waals surface area contributed by atoms with Crippen molar-refractivity contribution in [2.45, 2.75) is 6.42 Å². The van der Waals surface area contributed by atoms with Gasteiger partial charge in [0.25, 0.3) is 0 Å². The predicted molar refractivity (Wildman–Crippen MR) is 51.6 cm³/mol. The fourth-order valence-electron chi connectivity index (χ4n) is 1.02. The SMILES string of the molecule is CNNCCc1ccc(N)cc1. The molecule has 0 heterocycles. The molecule has 1 rings (SSSR count). The first-order valence-electron chi connectivity index (χ1n) is 4.07. The molecule has 0 radical (unpaired) electrons. The highest BCUT2D eigenvalue weighted by atomic mass is 15.3. The summed E-state index contributed by atoms with van der Waals surface area (Å²) in [6.45, 7) is 0.931. The summed E-state index contributed by atoms with van der Waals surface area (Å²) in [5.41, 5.74) is 13.6. The Morgan fingerprint density at radius 1 is 1.25 bits per heavy atom. The fraction of sp³-hybridized carbons (Fsp3) is 0.333. The van der Waals surface area contributed by atoms with Crippen LogP contribution in [0.1, 0.15) is 5.56 Å². The molecule has 0 aliphatic rings. The zero-order valence-corrected chi connectivity index (χ0v) is 7.30. The van der Waals surface area contributed by atoms with Crippen LogP contribution in [0.4, 0.5) is 5.69 Å². The van der Waals surface area contributed by atoms with Gasteiger partial charge in [0.1, 0.15) is 0 Å². The van der Waals surface area contributed by atoms with E-state index in [9.17, 15) is 0 Å². The van der Waals surface area contributed by atoms with Gasteiger partial charge < -0.3 is 5.73 Å². The molecule has 0 bridgehead atoms. The Kier molecular flexibility index (Phi) is 3.57. The van der Waals surface area contributed by atoms with E-state index in [2.05, 4.69) is 10.9 Å². The third-order valence-electron chi connectivity index (χ3n) is 1.70. The maximum atomic E-state index is 5.55. The van der Waals surface area contributed by atoms with Crippen LogP contribution in [0.15, 0.2) is 24.3 Å². The summed E-state index contributed by atoms with van der Waals surface area (Å²) in [5.74, 6) is 0. The number of rotatable bonds is 4. The van der Waals surface area contributed by atoms with E-state index in [1.165, 1.54) is 5.56 Å². The topological polar surface area (TPSA) is 50.1 Å². The van der Waals surface area contributed by atoms with Gasteiger partial charge in [0.2, 0.25) is 0 Å². The average Bonchev–Trinajstić information content (AvgIpc) is 2.09. The summed E-state index contributed by atoms with van der Waals surface area (Å²) in [6, 6.07) is 7.95. The van der Waals surface area contributed by atoms with Crippen molar-refractivity contribution in [2.75, 3.05) is 19.3 Å². The van der Waals surface area contributed by atoms with Crippen molar-refractivity contribution in [2.24, 2.45) is 0 Å². The van der Waals surface area contributed by atoms with Crippen molar-refractivity contribution < 1.29 is 0 Å². The number of hydrogen-bond donors (Lipinski definition) is 3. The predicted octanol–water partition coefficient (Wildman–Crippen LogP) is 0.535. The highest BCUT2D eigenvalue weighted by molar-refractivity contribution is 5.39. The van der Waals surface area contributed by atoms with Crippen LogP contribution in [0.2, 0.25) is 0 Å². The second-order valence-electron chi connectivity index (χ2n) is 2.67. The molecular weight excluding hydrogens is 150 g/mol. The zero-order valence-electron chi connectivity index (χ0n) is 7.30. The van der Waals surface area contributed by atoms with Gasteiger partial charge >= 0.3 is 0 Å². The quantitative estimate of drug-likeness (QED) is 0.346. The van der Waals surface area contributed by atoms with Crippen LogP contribution in [0, 0.1) is 0 Å². The lowest BCUT2D eigenvalue weighted by Gasteiger charge is -2.02. The van der Waals surface area contributed by atoms with E-state index in [1.807, 2.05) is 31.3 Å². The van der Waals surface area contributed by atoms with Crippen molar-refractivity contribution in [3.05, 3.63) is 29.8 Å². The number of benzene rings is 1. The maximum absolute atomic E-state index is 5.55. The van der Waals surface area contributed by atoms with Gasteiger partial charge in [-0.15, -0.1) is 0 Å². The van der Waals surface area contributed by atoms with E-state index in [0.717, 1.165) is 18.7 Å². The summed E-state index contributed by atoms with van der Waals surface area (Å²) in [4.78, 5) is 0. The van der Waals surface area contributed by atoms with Crippen molar-refractivity contribution in [1.29, 1.82) is 0 Å². The van der Waals surface area contributed by atoms with Crippen LogP contribution in [-0.2, 0) is 6.42 Å². The molecule has 1 aromatic carbocycles. The zero-order chi connectivity index (χ0) is 8.81. The molecule has 0 fully saturated rings. The lowest BCUT2D eigenvalue weighted by molar-refractivity contribution is 0.597. The third kappa shape index (κ3) is 2.90. The summed E-state index contributed by atoms with van der Waals surface area (Å²) in [7, 11) is 1.86. The Morgan fingerprint density at radius 3 is 2.50 bits per heavy atom. The molecular formula is C9H15N3. The van der Waals surface area contributed by atoms with Gasteiger partial charge in [-0.1, -0.05) is 12.1 Å².